The zero-order chi connectivity index (χ0) is 19.4. The van der Waals surface area contributed by atoms with E-state index in [-0.39, 0.29) is 34.7 Å². The van der Waals surface area contributed by atoms with Gasteiger partial charge in [0, 0.05) is 12.8 Å². The van der Waals surface area contributed by atoms with Crippen molar-refractivity contribution in [3.8, 4) is 0 Å². The Morgan fingerprint density at radius 3 is 2.42 bits per heavy atom. The lowest BCUT2D eigenvalue weighted by Gasteiger charge is -2.56. The van der Waals surface area contributed by atoms with Crippen molar-refractivity contribution in [2.24, 2.45) is 40.9 Å². The summed E-state index contributed by atoms with van der Waals surface area (Å²) in [6, 6.07) is 0. The molecule has 5 heteroatoms. The molecule has 0 heterocycles. The number of ether oxygens (including phenoxy) is 1. The molecule has 3 rings (SSSR count). The molecule has 7 unspecified atom stereocenters. The highest BCUT2D eigenvalue weighted by molar-refractivity contribution is 6.01. The van der Waals surface area contributed by atoms with E-state index in [1.165, 1.54) is 6.92 Å². The molecule has 26 heavy (non-hydrogen) atoms. The highest BCUT2D eigenvalue weighted by Crippen LogP contribution is 2.57. The van der Waals surface area contributed by atoms with Gasteiger partial charge in [0.2, 0.25) is 0 Å². The molecule has 3 aliphatic carbocycles. The van der Waals surface area contributed by atoms with Crippen LogP contribution in [-0.2, 0) is 19.1 Å². The molecule has 7 atom stereocenters. The summed E-state index contributed by atoms with van der Waals surface area (Å²) < 4.78 is 5.59. The fourth-order valence-electron chi connectivity index (χ4n) is 6.11. The van der Waals surface area contributed by atoms with Crippen LogP contribution in [0, 0.1) is 40.9 Å². The van der Waals surface area contributed by atoms with Crippen LogP contribution in [0.4, 0.5) is 0 Å². The summed E-state index contributed by atoms with van der Waals surface area (Å²) in [6.45, 7) is 9.48. The number of ketones is 2. The van der Waals surface area contributed by atoms with Gasteiger partial charge in [-0.25, -0.2) is 0 Å². The maximum absolute atomic E-state index is 13.3. The van der Waals surface area contributed by atoms with Crippen molar-refractivity contribution in [1.29, 1.82) is 0 Å². The number of hydrogen-bond acceptors (Lipinski definition) is 5. The van der Waals surface area contributed by atoms with Gasteiger partial charge in [0.05, 0.1) is 11.8 Å². The van der Waals surface area contributed by atoms with E-state index < -0.39 is 35.9 Å². The van der Waals surface area contributed by atoms with Gasteiger partial charge in [0.25, 0.3) is 0 Å². The fraction of sp³-hybridized carbons (Fsp3) is 0.857. The third-order valence-corrected chi connectivity index (χ3v) is 7.27. The summed E-state index contributed by atoms with van der Waals surface area (Å²) in [5.74, 6) is -2.34. The number of esters is 1. The number of fused-ring (bicyclic) bond motifs is 3. The van der Waals surface area contributed by atoms with Crippen LogP contribution in [0.5, 0.6) is 0 Å². The zero-order valence-electron chi connectivity index (χ0n) is 16.5. The minimum Gasteiger partial charge on any atom is -0.462 e. The van der Waals surface area contributed by atoms with Gasteiger partial charge in [0.15, 0.2) is 5.78 Å². The second-order valence-corrected chi connectivity index (χ2v) is 9.61. The van der Waals surface area contributed by atoms with Gasteiger partial charge in [-0.15, -0.1) is 0 Å². The van der Waals surface area contributed by atoms with E-state index in [4.69, 9.17) is 4.74 Å². The molecule has 0 spiro atoms. The number of rotatable bonds is 2. The zero-order valence-corrected chi connectivity index (χ0v) is 16.5. The van der Waals surface area contributed by atoms with Crippen LogP contribution in [0.1, 0.15) is 60.3 Å². The predicted octanol–water partition coefficient (Wildman–Crippen LogP) is 2.78. The first kappa shape index (κ1) is 19.5. The van der Waals surface area contributed by atoms with E-state index >= 15 is 0 Å². The molecular formula is C21H32O5. The van der Waals surface area contributed by atoms with Crippen LogP contribution in [-0.4, -0.2) is 34.9 Å². The second-order valence-electron chi connectivity index (χ2n) is 9.61. The van der Waals surface area contributed by atoms with Crippen LogP contribution in [0.3, 0.4) is 0 Å². The molecule has 0 aromatic carbocycles. The molecule has 0 aromatic rings. The minimum absolute atomic E-state index is 0.0372. The molecular weight excluding hydrogens is 332 g/mol. The fourth-order valence-corrected chi connectivity index (χ4v) is 6.11. The average Bonchev–Trinajstić information content (AvgIpc) is 2.51. The molecule has 3 saturated carbocycles. The lowest BCUT2D eigenvalue weighted by Crippen LogP contribution is -2.63. The highest BCUT2D eigenvalue weighted by atomic mass is 16.5. The molecule has 5 nitrogen and oxygen atoms in total. The topological polar surface area (TPSA) is 80.7 Å². The van der Waals surface area contributed by atoms with Gasteiger partial charge in [-0.1, -0.05) is 34.1 Å². The Morgan fingerprint density at radius 1 is 1.19 bits per heavy atom. The van der Waals surface area contributed by atoms with E-state index in [0.717, 1.165) is 19.3 Å². The van der Waals surface area contributed by atoms with E-state index in [0.29, 0.717) is 6.42 Å². The van der Waals surface area contributed by atoms with Gasteiger partial charge in [-0.05, 0) is 42.4 Å². The Labute approximate surface area is 155 Å². The quantitative estimate of drug-likeness (QED) is 0.762. The Balaban J connectivity index is 2.05. The third-order valence-electron chi connectivity index (χ3n) is 7.27. The first-order valence-corrected chi connectivity index (χ1v) is 9.99. The monoisotopic (exact) mass is 364 g/mol. The minimum atomic E-state index is -1.23. The number of aliphatic hydroxyl groups is 1. The summed E-state index contributed by atoms with van der Waals surface area (Å²) in [5.41, 5.74) is 0.0372. The third kappa shape index (κ3) is 3.02. The van der Waals surface area contributed by atoms with Gasteiger partial charge >= 0.3 is 5.97 Å². The van der Waals surface area contributed by atoms with Crippen molar-refractivity contribution in [2.45, 2.75) is 72.5 Å². The molecule has 146 valence electrons. The largest absolute Gasteiger partial charge is 0.462 e. The second kappa shape index (κ2) is 6.74. The molecule has 0 saturated heterocycles. The van der Waals surface area contributed by atoms with Gasteiger partial charge in [-0.2, -0.15) is 0 Å². The molecule has 3 fully saturated rings. The molecule has 0 amide bonds. The Bertz CT molecular complexity index is 608. The highest BCUT2D eigenvalue weighted by Gasteiger charge is 2.61. The molecule has 0 radical (unpaired) electrons. The summed E-state index contributed by atoms with van der Waals surface area (Å²) in [5, 5.41) is 10.6. The molecule has 0 aromatic heterocycles. The SMILES string of the molecule is CC(=O)OC1CC2C(CCCC2(C)C)C2C(=O)C(O)C(C(C)C)C(=O)C12. The molecule has 0 aliphatic heterocycles. The summed E-state index contributed by atoms with van der Waals surface area (Å²) >= 11 is 0. The standard InChI is InChI=1S/C21H32O5/c1-10(2)15-18(23)17-14(26-11(3)22)9-13-12(7-6-8-21(13,4)5)16(17)20(25)19(15)24/h10,12-17,19,24H,6-9H2,1-5H3. The number of carbonyl (C=O) groups is 3. The lowest BCUT2D eigenvalue weighted by atomic mass is 9.49. The smallest absolute Gasteiger partial charge is 0.302 e. The van der Waals surface area contributed by atoms with Crippen molar-refractivity contribution in [3.63, 3.8) is 0 Å². The van der Waals surface area contributed by atoms with Crippen molar-refractivity contribution in [3.05, 3.63) is 0 Å². The first-order chi connectivity index (χ1) is 12.1. The van der Waals surface area contributed by atoms with E-state index in [9.17, 15) is 19.5 Å². The number of carbonyl (C=O) groups excluding carboxylic acids is 3. The Morgan fingerprint density at radius 2 is 1.85 bits per heavy atom. The summed E-state index contributed by atoms with van der Waals surface area (Å²) in [6.07, 6.45) is 1.85. The van der Waals surface area contributed by atoms with Crippen molar-refractivity contribution in [2.75, 3.05) is 0 Å². The average molecular weight is 364 g/mol. The maximum atomic E-state index is 13.3. The van der Waals surface area contributed by atoms with Gasteiger partial charge < -0.3 is 9.84 Å². The van der Waals surface area contributed by atoms with Crippen LogP contribution in [0.2, 0.25) is 0 Å². The van der Waals surface area contributed by atoms with E-state index in [1.54, 1.807) is 0 Å². The van der Waals surface area contributed by atoms with Crippen molar-refractivity contribution in [1.82, 2.24) is 0 Å². The maximum Gasteiger partial charge on any atom is 0.302 e. The van der Waals surface area contributed by atoms with Crippen LogP contribution < -0.4 is 0 Å². The number of Topliss-reactive ketones (excluding diaryl/α,β-unsaturated/α-hetero) is 2. The Hall–Kier alpha value is -1.23. The van der Waals surface area contributed by atoms with Crippen LogP contribution in [0.15, 0.2) is 0 Å². The predicted molar refractivity (Wildman–Crippen MR) is 96.1 cm³/mol. The van der Waals surface area contributed by atoms with Crippen LogP contribution >= 0.6 is 0 Å². The summed E-state index contributed by atoms with van der Waals surface area (Å²) in [4.78, 5) is 38.2. The van der Waals surface area contributed by atoms with E-state index in [1.807, 2.05) is 13.8 Å². The van der Waals surface area contributed by atoms with Gasteiger partial charge in [-0.3, -0.25) is 14.4 Å². The summed E-state index contributed by atoms with van der Waals surface area (Å²) in [7, 11) is 0. The van der Waals surface area contributed by atoms with Crippen molar-refractivity contribution < 1.29 is 24.2 Å². The number of hydrogen-bond donors (Lipinski definition) is 1. The number of aliphatic hydroxyl groups excluding tert-OH is 1. The van der Waals surface area contributed by atoms with Crippen LogP contribution in [0.25, 0.3) is 0 Å². The van der Waals surface area contributed by atoms with Gasteiger partial charge in [0.1, 0.15) is 18.0 Å². The Kier molecular flexibility index (Phi) is 5.06. The first-order valence-electron chi connectivity index (χ1n) is 9.99. The lowest BCUT2D eigenvalue weighted by molar-refractivity contribution is -0.184. The van der Waals surface area contributed by atoms with E-state index in [2.05, 4.69) is 13.8 Å². The molecule has 0 bridgehead atoms. The molecule has 1 N–H and O–H groups in total. The van der Waals surface area contributed by atoms with Crippen molar-refractivity contribution >= 4 is 17.5 Å². The molecule has 3 aliphatic rings. The normalized spacial score (nSPS) is 42.2.